The summed E-state index contributed by atoms with van der Waals surface area (Å²) in [6, 6.07) is 0. The van der Waals surface area contributed by atoms with Gasteiger partial charge in [-0.05, 0) is 48.9 Å². The zero-order valence-electron chi connectivity index (χ0n) is 14.8. The summed E-state index contributed by atoms with van der Waals surface area (Å²) in [5, 5.41) is 8.63. The summed E-state index contributed by atoms with van der Waals surface area (Å²) >= 11 is 0. The van der Waals surface area contributed by atoms with E-state index in [1.165, 1.54) is 32.1 Å². The molecule has 126 valence electrons. The fourth-order valence-corrected chi connectivity index (χ4v) is 3.96. The minimum absolute atomic E-state index is 0.0912. The first-order chi connectivity index (χ1) is 9.74. The maximum atomic E-state index is 8.63. The van der Waals surface area contributed by atoms with Gasteiger partial charge in [-0.1, -0.05) is 34.6 Å². The zero-order valence-corrected chi connectivity index (χ0v) is 14.8. The van der Waals surface area contributed by atoms with Gasteiger partial charge in [0.1, 0.15) is 0 Å². The summed E-state index contributed by atoms with van der Waals surface area (Å²) in [5.74, 6) is 0.821. The third-order valence-electron chi connectivity index (χ3n) is 4.58. The van der Waals surface area contributed by atoms with E-state index in [-0.39, 0.29) is 6.61 Å². The van der Waals surface area contributed by atoms with Crippen LogP contribution in [0.2, 0.25) is 0 Å². The van der Waals surface area contributed by atoms with Gasteiger partial charge in [0.2, 0.25) is 0 Å². The molecular weight excluding hydrogens is 264 g/mol. The molecule has 3 nitrogen and oxygen atoms in total. The second kappa shape index (κ2) is 8.50. The van der Waals surface area contributed by atoms with Crippen molar-refractivity contribution >= 4 is 0 Å². The molecule has 1 rings (SSSR count). The average Bonchev–Trinajstić information content (AvgIpc) is 2.36. The van der Waals surface area contributed by atoms with Gasteiger partial charge in [0.05, 0.1) is 32.5 Å². The predicted molar refractivity (Wildman–Crippen MR) is 87.5 cm³/mol. The molecule has 0 aromatic rings. The molecule has 1 N–H and O–H groups in total. The van der Waals surface area contributed by atoms with Crippen LogP contribution in [0.5, 0.6) is 0 Å². The number of hydrogen-bond acceptors (Lipinski definition) is 3. The topological polar surface area (TPSA) is 38.7 Å². The molecule has 1 aliphatic carbocycles. The Labute approximate surface area is 131 Å². The fraction of sp³-hybridized carbons (Fsp3) is 1.00. The number of rotatable bonds is 8. The first-order valence-corrected chi connectivity index (χ1v) is 8.55. The van der Waals surface area contributed by atoms with E-state index in [0.29, 0.717) is 36.8 Å². The van der Waals surface area contributed by atoms with E-state index in [0.717, 1.165) is 5.92 Å². The highest BCUT2D eigenvalue weighted by atomic mass is 16.5. The smallest absolute Gasteiger partial charge is 0.0704 e. The Balaban J connectivity index is 2.25. The van der Waals surface area contributed by atoms with Crippen molar-refractivity contribution in [1.82, 2.24) is 0 Å². The highest BCUT2D eigenvalue weighted by molar-refractivity contribution is 4.86. The van der Waals surface area contributed by atoms with E-state index in [9.17, 15) is 0 Å². The molecule has 1 saturated carbocycles. The van der Waals surface area contributed by atoms with E-state index in [1.54, 1.807) is 0 Å². The lowest BCUT2D eigenvalue weighted by Gasteiger charge is -2.42. The lowest BCUT2D eigenvalue weighted by molar-refractivity contribution is -0.0328. The van der Waals surface area contributed by atoms with Crippen LogP contribution in [0, 0.1) is 16.7 Å². The van der Waals surface area contributed by atoms with Gasteiger partial charge in [-0.15, -0.1) is 0 Å². The van der Waals surface area contributed by atoms with Gasteiger partial charge in [0.25, 0.3) is 0 Å². The monoisotopic (exact) mass is 300 g/mol. The van der Waals surface area contributed by atoms with Crippen molar-refractivity contribution in [2.75, 3.05) is 26.4 Å². The molecule has 0 aromatic carbocycles. The Hall–Kier alpha value is -0.120. The molecule has 0 atom stereocenters. The van der Waals surface area contributed by atoms with Gasteiger partial charge in [0.15, 0.2) is 0 Å². The molecule has 21 heavy (non-hydrogen) atoms. The first kappa shape index (κ1) is 18.9. The number of ether oxygens (including phenoxy) is 2. The molecule has 0 amide bonds. The molecule has 0 radical (unpaired) electrons. The summed E-state index contributed by atoms with van der Waals surface area (Å²) in [6.07, 6.45) is 6.61. The molecule has 0 spiro atoms. The molecule has 0 unspecified atom stereocenters. The summed E-state index contributed by atoms with van der Waals surface area (Å²) in [5.41, 5.74) is 0.828. The molecule has 1 fully saturated rings. The number of aliphatic hydroxyl groups is 1. The van der Waals surface area contributed by atoms with Crippen LogP contribution in [-0.4, -0.2) is 37.6 Å². The second-order valence-corrected chi connectivity index (χ2v) is 8.41. The Bertz CT molecular complexity index is 273. The summed E-state index contributed by atoms with van der Waals surface area (Å²) in [6.45, 7) is 13.7. The molecule has 0 aliphatic heterocycles. The van der Waals surface area contributed by atoms with Crippen LogP contribution < -0.4 is 0 Å². The van der Waals surface area contributed by atoms with Crippen LogP contribution in [0.1, 0.15) is 66.7 Å². The molecule has 0 saturated heterocycles. The third-order valence-corrected chi connectivity index (χ3v) is 4.58. The molecule has 3 heteroatoms. The third kappa shape index (κ3) is 7.62. The normalized spacial score (nSPS) is 24.3. The fourth-order valence-electron chi connectivity index (χ4n) is 3.96. The number of hydrogen-bond donors (Lipinski definition) is 1. The highest BCUT2D eigenvalue weighted by Gasteiger charge is 2.35. The summed E-state index contributed by atoms with van der Waals surface area (Å²) in [4.78, 5) is 0. The lowest BCUT2D eigenvalue weighted by atomic mass is 9.64. The minimum Gasteiger partial charge on any atom is -0.394 e. The van der Waals surface area contributed by atoms with Crippen molar-refractivity contribution in [1.29, 1.82) is 0 Å². The predicted octanol–water partition coefficient (Wildman–Crippen LogP) is 4.03. The standard InChI is InChI=1S/C18H36O3/c1-17(2,3)14-18(4,5)15-6-8-16(9-7-15)21-13-12-20-11-10-19/h15-16,19H,6-14H2,1-5H3. The van der Waals surface area contributed by atoms with Crippen LogP contribution >= 0.6 is 0 Å². The molecule has 1 aliphatic rings. The van der Waals surface area contributed by atoms with Crippen LogP contribution in [-0.2, 0) is 9.47 Å². The maximum absolute atomic E-state index is 8.63. The maximum Gasteiger partial charge on any atom is 0.0704 e. The van der Waals surface area contributed by atoms with Crippen molar-refractivity contribution in [2.24, 2.45) is 16.7 Å². The van der Waals surface area contributed by atoms with E-state index in [1.807, 2.05) is 0 Å². The van der Waals surface area contributed by atoms with Crippen molar-refractivity contribution in [3.05, 3.63) is 0 Å². The Morgan fingerprint density at radius 2 is 1.52 bits per heavy atom. The number of aliphatic hydroxyl groups excluding tert-OH is 1. The summed E-state index contributed by atoms with van der Waals surface area (Å²) < 4.78 is 11.1. The van der Waals surface area contributed by atoms with Gasteiger partial charge in [0, 0.05) is 0 Å². The SMILES string of the molecule is CC(C)(C)CC(C)(C)C1CCC(OCCOCCO)CC1. The van der Waals surface area contributed by atoms with Gasteiger partial charge in [-0.2, -0.15) is 0 Å². The lowest BCUT2D eigenvalue weighted by Crippen LogP contribution is -2.34. The van der Waals surface area contributed by atoms with Gasteiger partial charge in [-0.3, -0.25) is 0 Å². The van der Waals surface area contributed by atoms with Crippen LogP contribution in [0.15, 0.2) is 0 Å². The Kier molecular flexibility index (Phi) is 7.66. The quantitative estimate of drug-likeness (QED) is 0.688. The highest BCUT2D eigenvalue weighted by Crippen LogP contribution is 2.45. The van der Waals surface area contributed by atoms with Crippen LogP contribution in [0.3, 0.4) is 0 Å². The molecular formula is C18H36O3. The van der Waals surface area contributed by atoms with Crippen molar-refractivity contribution in [2.45, 2.75) is 72.8 Å². The van der Waals surface area contributed by atoms with Crippen molar-refractivity contribution in [3.8, 4) is 0 Å². The van der Waals surface area contributed by atoms with E-state index < -0.39 is 0 Å². The van der Waals surface area contributed by atoms with Gasteiger partial charge in [-0.25, -0.2) is 0 Å². The zero-order chi connectivity index (χ0) is 15.9. The van der Waals surface area contributed by atoms with Crippen molar-refractivity contribution < 1.29 is 14.6 Å². The first-order valence-electron chi connectivity index (χ1n) is 8.55. The largest absolute Gasteiger partial charge is 0.394 e. The average molecular weight is 300 g/mol. The van der Waals surface area contributed by atoms with E-state index in [2.05, 4.69) is 34.6 Å². The summed E-state index contributed by atoms with van der Waals surface area (Å²) in [7, 11) is 0. The minimum atomic E-state index is 0.0912. The molecule has 0 heterocycles. The Morgan fingerprint density at radius 3 is 2.05 bits per heavy atom. The Morgan fingerprint density at radius 1 is 0.905 bits per heavy atom. The van der Waals surface area contributed by atoms with Crippen LogP contribution in [0.4, 0.5) is 0 Å². The van der Waals surface area contributed by atoms with Gasteiger partial charge >= 0.3 is 0 Å². The van der Waals surface area contributed by atoms with Crippen LogP contribution in [0.25, 0.3) is 0 Å². The van der Waals surface area contributed by atoms with E-state index in [4.69, 9.17) is 14.6 Å². The molecule has 0 bridgehead atoms. The molecule has 0 aromatic heterocycles. The second-order valence-electron chi connectivity index (χ2n) is 8.41. The van der Waals surface area contributed by atoms with E-state index >= 15 is 0 Å². The van der Waals surface area contributed by atoms with Gasteiger partial charge < -0.3 is 14.6 Å². The van der Waals surface area contributed by atoms with Crippen molar-refractivity contribution in [3.63, 3.8) is 0 Å².